The van der Waals surface area contributed by atoms with Gasteiger partial charge in [-0.3, -0.25) is 4.79 Å². The Morgan fingerprint density at radius 1 is 0.848 bits per heavy atom. The number of rotatable bonds is 7. The van der Waals surface area contributed by atoms with Gasteiger partial charge in [0.1, 0.15) is 13.1 Å². The molecule has 3 fully saturated rings. The fraction of sp³-hybridized carbons (Fsp3) is 0.605. The van der Waals surface area contributed by atoms with E-state index in [0.717, 1.165) is 81.9 Å². The molecule has 0 spiro atoms. The van der Waals surface area contributed by atoms with Gasteiger partial charge in [0.25, 0.3) is 0 Å². The molecule has 4 aliphatic heterocycles. The van der Waals surface area contributed by atoms with E-state index in [1.807, 2.05) is 28.0 Å². The number of carbonyl (C=O) groups excluding carboxylic acids is 3. The minimum absolute atomic E-state index is 0.0527. The molecule has 46 heavy (non-hydrogen) atoms. The van der Waals surface area contributed by atoms with Crippen molar-refractivity contribution in [3.8, 4) is 0 Å². The summed E-state index contributed by atoms with van der Waals surface area (Å²) in [6, 6.07) is 14.8. The van der Waals surface area contributed by atoms with Crippen molar-refractivity contribution in [3.05, 3.63) is 64.7 Å². The van der Waals surface area contributed by atoms with Gasteiger partial charge in [-0.25, -0.2) is 9.59 Å². The van der Waals surface area contributed by atoms with Gasteiger partial charge in [-0.1, -0.05) is 36.4 Å². The lowest BCUT2D eigenvalue weighted by molar-refractivity contribution is -0.139. The Morgan fingerprint density at radius 3 is 2.35 bits per heavy atom. The molecule has 1 atom stereocenters. The molecule has 2 aromatic rings. The number of carbonyl (C=O) groups is 3. The van der Waals surface area contributed by atoms with Crippen LogP contribution < -0.4 is 15.5 Å². The standard InChI is InChI=1S/C38H51N5O3/c44-36(41-21-15-34(16-22-41)43-26-32-7-3-4-8-35(32)40-38(43)46)25-33(24-27-9-10-28-5-1-2-6-31(28)23-27)37(45)42-19-13-30(14-20-42)29-11-17-39-18-12-29/h3-4,7-10,23,29-30,33-34,39H,1-2,5-6,11-22,24-26H2,(H,40,46)/q+1. The number of aryl methyl sites for hydroxylation is 2. The predicted octanol–water partition coefficient (Wildman–Crippen LogP) is 5.23. The van der Waals surface area contributed by atoms with Gasteiger partial charge in [0, 0.05) is 50.6 Å². The number of benzene rings is 2. The summed E-state index contributed by atoms with van der Waals surface area (Å²) in [5, 5.41) is 6.52. The number of nitrogens with zero attached hydrogens (tertiary/aromatic N) is 3. The Kier molecular flexibility index (Phi) is 9.73. The van der Waals surface area contributed by atoms with Crippen LogP contribution in [-0.2, 0) is 35.4 Å². The van der Waals surface area contributed by atoms with Crippen LogP contribution in [0.25, 0.3) is 0 Å². The molecule has 1 aliphatic carbocycles. The van der Waals surface area contributed by atoms with Crippen LogP contribution in [0.15, 0.2) is 42.5 Å². The van der Waals surface area contributed by atoms with Gasteiger partial charge in [0.05, 0.1) is 5.92 Å². The molecule has 8 heteroatoms. The van der Waals surface area contributed by atoms with Crippen LogP contribution in [0.4, 0.5) is 10.5 Å². The van der Waals surface area contributed by atoms with Gasteiger partial charge >= 0.3 is 11.9 Å². The molecule has 3 saturated heterocycles. The van der Waals surface area contributed by atoms with Crippen LogP contribution in [0.5, 0.6) is 0 Å². The molecule has 2 aromatic carbocycles. The molecule has 1 radical (unpaired) electrons. The largest absolute Gasteiger partial charge is 0.364 e. The third-order valence-corrected chi connectivity index (χ3v) is 11.7. The summed E-state index contributed by atoms with van der Waals surface area (Å²) in [4.78, 5) is 46.9. The predicted molar refractivity (Wildman–Crippen MR) is 181 cm³/mol. The summed E-state index contributed by atoms with van der Waals surface area (Å²) in [5.74, 6) is 1.39. The first-order valence-corrected chi connectivity index (χ1v) is 18.1. The maximum Gasteiger partial charge on any atom is 0.364 e. The number of anilines is 1. The lowest BCUT2D eigenvalue weighted by Gasteiger charge is -2.40. The summed E-state index contributed by atoms with van der Waals surface area (Å²) in [7, 11) is 0. The molecule has 4 heterocycles. The molecule has 4 amide bonds. The van der Waals surface area contributed by atoms with E-state index in [0.29, 0.717) is 32.0 Å². The Balaban J connectivity index is 0.994. The lowest BCUT2D eigenvalue weighted by atomic mass is 9.79. The number of para-hydroxylation sites is 1. The molecule has 0 saturated carbocycles. The summed E-state index contributed by atoms with van der Waals surface area (Å²) in [5.41, 5.74) is 6.08. The van der Waals surface area contributed by atoms with Crippen molar-refractivity contribution in [1.82, 2.24) is 20.0 Å². The van der Waals surface area contributed by atoms with Crippen molar-refractivity contribution >= 4 is 23.5 Å². The van der Waals surface area contributed by atoms with Gasteiger partial charge in [-0.15, -0.1) is 4.90 Å². The number of hydrogen-bond donors (Lipinski definition) is 2. The first kappa shape index (κ1) is 31.4. The van der Waals surface area contributed by atoms with E-state index in [9.17, 15) is 14.4 Å². The van der Waals surface area contributed by atoms with Crippen molar-refractivity contribution in [3.63, 3.8) is 0 Å². The Hall–Kier alpha value is -3.23. The second kappa shape index (κ2) is 14.3. The van der Waals surface area contributed by atoms with Gasteiger partial charge < -0.3 is 20.4 Å². The van der Waals surface area contributed by atoms with Crippen LogP contribution in [0.2, 0.25) is 0 Å². The molecule has 1 unspecified atom stereocenters. The molecule has 8 nitrogen and oxygen atoms in total. The van der Waals surface area contributed by atoms with E-state index in [2.05, 4.69) is 39.8 Å². The fourth-order valence-electron chi connectivity index (χ4n) is 8.89. The van der Waals surface area contributed by atoms with Crippen LogP contribution in [-0.4, -0.2) is 73.0 Å². The number of likely N-dealkylation sites (tertiary alicyclic amines) is 2. The number of hydrogen-bond acceptors (Lipinski definition) is 4. The Morgan fingerprint density at radius 2 is 1.57 bits per heavy atom. The molecule has 7 rings (SSSR count). The molecule has 0 bridgehead atoms. The highest BCUT2D eigenvalue weighted by Gasteiger charge is 2.41. The lowest BCUT2D eigenvalue weighted by Crippen LogP contribution is -2.52. The molecular formula is C38H51N5O3+. The second-order valence-electron chi connectivity index (χ2n) is 14.5. The number of urea groups is 1. The van der Waals surface area contributed by atoms with Crippen molar-refractivity contribution in [2.75, 3.05) is 44.6 Å². The minimum atomic E-state index is -0.341. The normalized spacial score (nSPS) is 22.6. The highest BCUT2D eigenvalue weighted by Crippen LogP contribution is 2.32. The van der Waals surface area contributed by atoms with Gasteiger partial charge in [-0.05, 0) is 111 Å². The average Bonchev–Trinajstić information content (AvgIpc) is 3.11. The summed E-state index contributed by atoms with van der Waals surface area (Å²) >= 11 is 0. The van der Waals surface area contributed by atoms with Crippen molar-refractivity contribution < 1.29 is 14.4 Å². The number of amides is 4. The number of nitrogens with one attached hydrogen (secondary N) is 2. The van der Waals surface area contributed by atoms with E-state index in [-0.39, 0.29) is 36.2 Å². The van der Waals surface area contributed by atoms with E-state index >= 15 is 0 Å². The van der Waals surface area contributed by atoms with E-state index < -0.39 is 0 Å². The molecular weight excluding hydrogens is 574 g/mol. The zero-order valence-electron chi connectivity index (χ0n) is 27.4. The van der Waals surface area contributed by atoms with Crippen molar-refractivity contribution in [2.45, 2.75) is 89.6 Å². The highest BCUT2D eigenvalue weighted by molar-refractivity contribution is 5.92. The second-order valence-corrected chi connectivity index (χ2v) is 14.5. The van der Waals surface area contributed by atoms with E-state index in [1.165, 1.54) is 42.4 Å². The average molecular weight is 626 g/mol. The minimum Gasteiger partial charge on any atom is -0.343 e. The van der Waals surface area contributed by atoms with Crippen LogP contribution in [0.1, 0.15) is 80.0 Å². The highest BCUT2D eigenvalue weighted by atomic mass is 16.2. The summed E-state index contributed by atoms with van der Waals surface area (Å²) in [6.07, 6.45) is 11.8. The summed E-state index contributed by atoms with van der Waals surface area (Å²) in [6.45, 7) is 5.71. The van der Waals surface area contributed by atoms with Crippen molar-refractivity contribution in [2.24, 2.45) is 17.8 Å². The SMILES string of the molecule is O=C(CC(Cc1ccc2c(c1)CCCC2)C(=O)[N+]1CCC(C2CCNCC2)CC1)N1CCC(N2Cc3ccccc3NC2=O)CC1. The topological polar surface area (TPSA) is 87.7 Å². The Labute approximate surface area is 274 Å². The van der Waals surface area contributed by atoms with Gasteiger partial charge in [0.2, 0.25) is 5.91 Å². The molecule has 2 N–H and O–H groups in total. The maximum atomic E-state index is 14.2. The molecule has 5 aliphatic rings. The zero-order chi connectivity index (χ0) is 31.5. The third-order valence-electron chi connectivity index (χ3n) is 11.7. The summed E-state index contributed by atoms with van der Waals surface area (Å²) < 4.78 is 0. The number of piperidine rings is 3. The van der Waals surface area contributed by atoms with E-state index in [1.54, 1.807) is 0 Å². The molecule has 245 valence electrons. The third kappa shape index (κ3) is 7.03. The van der Waals surface area contributed by atoms with Crippen LogP contribution in [0.3, 0.4) is 0 Å². The Bertz CT molecular complexity index is 1400. The van der Waals surface area contributed by atoms with Crippen molar-refractivity contribution in [1.29, 1.82) is 0 Å². The van der Waals surface area contributed by atoms with Crippen LogP contribution in [0, 0.1) is 17.8 Å². The quantitative estimate of drug-likeness (QED) is 0.413. The monoisotopic (exact) mass is 625 g/mol. The smallest absolute Gasteiger partial charge is 0.343 e. The number of fused-ring (bicyclic) bond motifs is 2. The fourth-order valence-corrected chi connectivity index (χ4v) is 8.89. The van der Waals surface area contributed by atoms with Gasteiger partial charge in [-0.2, -0.15) is 0 Å². The molecule has 0 aromatic heterocycles. The van der Waals surface area contributed by atoms with Gasteiger partial charge in [0.15, 0.2) is 0 Å². The van der Waals surface area contributed by atoms with Crippen LogP contribution >= 0.6 is 0 Å². The first-order chi connectivity index (χ1) is 22.5. The van der Waals surface area contributed by atoms with E-state index in [4.69, 9.17) is 0 Å². The maximum absolute atomic E-state index is 14.2. The first-order valence-electron chi connectivity index (χ1n) is 18.1. The zero-order valence-corrected chi connectivity index (χ0v) is 27.4.